The van der Waals surface area contributed by atoms with E-state index in [4.69, 9.17) is 22.2 Å². The number of amidine groups is 1. The first kappa shape index (κ1) is 14.1. The zero-order valence-corrected chi connectivity index (χ0v) is 12.5. The van der Waals surface area contributed by atoms with Crippen LogP contribution in [0, 0.1) is 5.92 Å². The number of halogens is 1. The average Bonchev–Trinajstić information content (AvgIpc) is 3.04. The van der Waals surface area contributed by atoms with Crippen LogP contribution in [0.4, 0.5) is 0 Å². The van der Waals surface area contributed by atoms with Crippen LogP contribution in [-0.4, -0.2) is 10.8 Å². The van der Waals surface area contributed by atoms with E-state index in [0.29, 0.717) is 16.8 Å². The summed E-state index contributed by atoms with van der Waals surface area (Å²) in [5.41, 5.74) is 7.66. The van der Waals surface area contributed by atoms with Gasteiger partial charge in [-0.05, 0) is 25.0 Å². The standard InChI is InChI=1S/C16H18ClN3O/c17-14-8-7-11-6-3-9-19-15(11)13(14)10-21-20-16(18)12-4-1-2-5-12/h3,6-9,12H,1-2,4-5,10H2,(H2,18,20). The molecule has 0 radical (unpaired) electrons. The molecule has 1 saturated carbocycles. The van der Waals surface area contributed by atoms with Crippen molar-refractivity contribution in [2.24, 2.45) is 16.8 Å². The maximum Gasteiger partial charge on any atom is 0.145 e. The minimum absolute atomic E-state index is 0.278. The van der Waals surface area contributed by atoms with Gasteiger partial charge in [0.05, 0.1) is 5.52 Å². The predicted octanol–water partition coefficient (Wildman–Crippen LogP) is 3.87. The number of benzene rings is 1. The van der Waals surface area contributed by atoms with Gasteiger partial charge in [0, 0.05) is 28.1 Å². The second-order valence-corrected chi connectivity index (χ2v) is 5.78. The number of pyridine rings is 1. The van der Waals surface area contributed by atoms with Crippen molar-refractivity contribution in [3.05, 3.63) is 41.0 Å². The Morgan fingerprint density at radius 2 is 2.14 bits per heavy atom. The van der Waals surface area contributed by atoms with E-state index in [0.717, 1.165) is 29.3 Å². The SMILES string of the molecule is NC(=NOCc1c(Cl)ccc2cccnc12)C1CCCC1. The molecule has 0 bridgehead atoms. The highest BCUT2D eigenvalue weighted by Crippen LogP contribution is 2.26. The summed E-state index contributed by atoms with van der Waals surface area (Å²) in [6.07, 6.45) is 6.41. The Morgan fingerprint density at radius 1 is 1.33 bits per heavy atom. The van der Waals surface area contributed by atoms with E-state index in [1.54, 1.807) is 6.20 Å². The molecule has 0 amide bonds. The van der Waals surface area contributed by atoms with Crippen LogP contribution in [0.1, 0.15) is 31.2 Å². The smallest absolute Gasteiger partial charge is 0.145 e. The third kappa shape index (κ3) is 3.10. The van der Waals surface area contributed by atoms with E-state index >= 15 is 0 Å². The predicted molar refractivity (Wildman–Crippen MR) is 85.1 cm³/mol. The molecule has 2 aromatic rings. The molecule has 2 N–H and O–H groups in total. The Labute approximate surface area is 128 Å². The summed E-state index contributed by atoms with van der Waals surface area (Å²) in [4.78, 5) is 9.79. The minimum Gasteiger partial charge on any atom is -0.389 e. The van der Waals surface area contributed by atoms with Crippen molar-refractivity contribution >= 4 is 28.3 Å². The summed E-state index contributed by atoms with van der Waals surface area (Å²) in [5, 5.41) is 5.73. The van der Waals surface area contributed by atoms with Gasteiger partial charge in [-0.2, -0.15) is 0 Å². The van der Waals surface area contributed by atoms with Crippen molar-refractivity contribution in [2.45, 2.75) is 32.3 Å². The zero-order valence-electron chi connectivity index (χ0n) is 11.8. The Bertz CT molecular complexity index is 666. The first-order chi connectivity index (χ1) is 10.3. The number of aromatic nitrogens is 1. The molecule has 1 aromatic heterocycles. The fourth-order valence-corrected chi connectivity index (χ4v) is 2.99. The fraction of sp³-hybridized carbons (Fsp3) is 0.375. The molecule has 3 rings (SSSR count). The highest BCUT2D eigenvalue weighted by molar-refractivity contribution is 6.32. The third-order valence-corrected chi connectivity index (χ3v) is 4.33. The first-order valence-corrected chi connectivity index (χ1v) is 7.61. The van der Waals surface area contributed by atoms with Gasteiger partial charge in [-0.1, -0.05) is 41.7 Å². The van der Waals surface area contributed by atoms with Gasteiger partial charge >= 0.3 is 0 Å². The largest absolute Gasteiger partial charge is 0.389 e. The van der Waals surface area contributed by atoms with Gasteiger partial charge in [0.25, 0.3) is 0 Å². The van der Waals surface area contributed by atoms with E-state index in [1.165, 1.54) is 12.8 Å². The minimum atomic E-state index is 0.278. The van der Waals surface area contributed by atoms with E-state index in [9.17, 15) is 0 Å². The molecule has 0 unspecified atom stereocenters. The van der Waals surface area contributed by atoms with Crippen LogP contribution in [0.3, 0.4) is 0 Å². The quantitative estimate of drug-likeness (QED) is 0.530. The summed E-state index contributed by atoms with van der Waals surface area (Å²) >= 11 is 6.25. The van der Waals surface area contributed by atoms with Crippen LogP contribution in [-0.2, 0) is 11.4 Å². The van der Waals surface area contributed by atoms with Gasteiger partial charge in [-0.15, -0.1) is 0 Å². The van der Waals surface area contributed by atoms with Gasteiger partial charge < -0.3 is 10.6 Å². The fourth-order valence-electron chi connectivity index (χ4n) is 2.79. The van der Waals surface area contributed by atoms with Gasteiger partial charge in [-0.25, -0.2) is 0 Å². The number of hydrogen-bond donors (Lipinski definition) is 1. The van der Waals surface area contributed by atoms with E-state index in [-0.39, 0.29) is 6.61 Å². The van der Waals surface area contributed by atoms with Crippen molar-refractivity contribution in [1.29, 1.82) is 0 Å². The molecule has 0 atom stereocenters. The van der Waals surface area contributed by atoms with Crippen LogP contribution in [0.15, 0.2) is 35.6 Å². The second-order valence-electron chi connectivity index (χ2n) is 5.37. The molecule has 5 heteroatoms. The summed E-state index contributed by atoms with van der Waals surface area (Å²) in [6, 6.07) is 7.70. The molecule has 1 aliphatic carbocycles. The summed E-state index contributed by atoms with van der Waals surface area (Å²) in [7, 11) is 0. The van der Waals surface area contributed by atoms with Gasteiger partial charge in [0.2, 0.25) is 0 Å². The number of nitrogens with two attached hydrogens (primary N) is 1. The van der Waals surface area contributed by atoms with Gasteiger partial charge in [-0.3, -0.25) is 4.98 Å². The monoisotopic (exact) mass is 303 g/mol. The van der Waals surface area contributed by atoms with Crippen molar-refractivity contribution in [3.8, 4) is 0 Å². The molecule has 0 spiro atoms. The normalized spacial score (nSPS) is 16.5. The van der Waals surface area contributed by atoms with Crippen molar-refractivity contribution in [2.75, 3.05) is 0 Å². The maximum absolute atomic E-state index is 6.25. The lowest BCUT2D eigenvalue weighted by molar-refractivity contribution is 0.129. The molecule has 4 nitrogen and oxygen atoms in total. The number of hydrogen-bond acceptors (Lipinski definition) is 3. The first-order valence-electron chi connectivity index (χ1n) is 7.23. The van der Waals surface area contributed by atoms with E-state index in [2.05, 4.69) is 10.1 Å². The topological polar surface area (TPSA) is 60.5 Å². The highest BCUT2D eigenvalue weighted by Gasteiger charge is 2.19. The Hall–Kier alpha value is -1.81. The Kier molecular flexibility index (Phi) is 4.25. The third-order valence-electron chi connectivity index (χ3n) is 3.97. The number of nitrogens with zero attached hydrogens (tertiary/aromatic N) is 2. The summed E-state index contributed by atoms with van der Waals surface area (Å²) < 4.78 is 0. The number of fused-ring (bicyclic) bond motifs is 1. The van der Waals surface area contributed by atoms with Crippen LogP contribution in [0.25, 0.3) is 10.9 Å². The molecular weight excluding hydrogens is 286 g/mol. The summed E-state index contributed by atoms with van der Waals surface area (Å²) in [6.45, 7) is 0.278. The van der Waals surface area contributed by atoms with Crippen molar-refractivity contribution in [3.63, 3.8) is 0 Å². The Balaban J connectivity index is 1.76. The molecule has 1 aliphatic rings. The zero-order chi connectivity index (χ0) is 14.7. The Morgan fingerprint density at radius 3 is 2.95 bits per heavy atom. The van der Waals surface area contributed by atoms with E-state index in [1.807, 2.05) is 24.3 Å². The maximum atomic E-state index is 6.25. The van der Waals surface area contributed by atoms with Crippen LogP contribution >= 0.6 is 11.6 Å². The van der Waals surface area contributed by atoms with Crippen molar-refractivity contribution in [1.82, 2.24) is 4.98 Å². The molecule has 1 aromatic carbocycles. The van der Waals surface area contributed by atoms with Crippen LogP contribution in [0.5, 0.6) is 0 Å². The van der Waals surface area contributed by atoms with E-state index < -0.39 is 0 Å². The molecule has 21 heavy (non-hydrogen) atoms. The van der Waals surface area contributed by atoms with Gasteiger partial charge in [0.15, 0.2) is 0 Å². The van der Waals surface area contributed by atoms with Crippen LogP contribution in [0.2, 0.25) is 5.02 Å². The van der Waals surface area contributed by atoms with Gasteiger partial charge in [0.1, 0.15) is 12.4 Å². The molecule has 0 saturated heterocycles. The molecular formula is C16H18ClN3O. The van der Waals surface area contributed by atoms with Crippen molar-refractivity contribution < 1.29 is 4.84 Å². The lowest BCUT2D eigenvalue weighted by Crippen LogP contribution is -2.21. The lowest BCUT2D eigenvalue weighted by Gasteiger charge is -2.09. The highest BCUT2D eigenvalue weighted by atomic mass is 35.5. The summed E-state index contributed by atoms with van der Waals surface area (Å²) in [5.74, 6) is 0.961. The van der Waals surface area contributed by atoms with Crippen LogP contribution < -0.4 is 5.73 Å². The molecule has 110 valence electrons. The molecule has 0 aliphatic heterocycles. The number of oxime groups is 1. The number of rotatable bonds is 4. The lowest BCUT2D eigenvalue weighted by atomic mass is 10.1. The average molecular weight is 304 g/mol. The second kappa shape index (κ2) is 6.31. The molecule has 1 fully saturated rings. The molecule has 1 heterocycles.